The summed E-state index contributed by atoms with van der Waals surface area (Å²) in [6, 6.07) is 0. The Labute approximate surface area is 98.0 Å². The molecule has 12 heavy (non-hydrogen) atoms. The van der Waals surface area contributed by atoms with Crippen LogP contribution in [0.25, 0.3) is 0 Å². The second kappa shape index (κ2) is 4.00. The lowest BCUT2D eigenvalue weighted by molar-refractivity contribution is 0.0725. The lowest BCUT2D eigenvalue weighted by atomic mass is 10.3. The summed E-state index contributed by atoms with van der Waals surface area (Å²) in [6.07, 6.45) is 0. The predicted octanol–water partition coefficient (Wildman–Crippen LogP) is 4.40. The molecule has 0 saturated carbocycles. The molecule has 0 nitrogen and oxygen atoms in total. The van der Waals surface area contributed by atoms with Crippen LogP contribution >= 0.6 is 69.6 Å². The Morgan fingerprint density at radius 2 is 1.25 bits per heavy atom. The molecule has 0 aliphatic carbocycles. The summed E-state index contributed by atoms with van der Waals surface area (Å²) in [7, 11) is 0. The van der Waals surface area contributed by atoms with Gasteiger partial charge in [-0.2, -0.15) is 8.78 Å². The molecule has 0 fully saturated rings. The number of alkyl halides is 8. The highest BCUT2D eigenvalue weighted by atomic mass is 35.5. The van der Waals surface area contributed by atoms with Gasteiger partial charge >= 0.3 is 5.38 Å². The normalized spacial score (nSPS) is 15.0. The molecule has 0 aromatic rings. The van der Waals surface area contributed by atoms with E-state index >= 15 is 0 Å². The van der Waals surface area contributed by atoms with E-state index in [9.17, 15) is 8.78 Å². The van der Waals surface area contributed by atoms with Crippen molar-refractivity contribution in [2.45, 2.75) is 14.0 Å². The predicted molar refractivity (Wildman–Crippen MR) is 50.4 cm³/mol. The summed E-state index contributed by atoms with van der Waals surface area (Å²) >= 11 is 30.6. The maximum atomic E-state index is 12.5. The fourth-order valence-electron chi connectivity index (χ4n) is 0.291. The molecule has 74 valence electrons. The van der Waals surface area contributed by atoms with Crippen molar-refractivity contribution in [3.05, 3.63) is 0 Å². The van der Waals surface area contributed by atoms with Gasteiger partial charge in [-0.15, -0.1) is 11.6 Å². The third-order valence-electron chi connectivity index (χ3n) is 0.983. The van der Waals surface area contributed by atoms with Gasteiger partial charge < -0.3 is 0 Å². The van der Waals surface area contributed by atoms with Gasteiger partial charge in [0.15, 0.2) is 4.33 Å². The molecule has 0 atom stereocenters. The largest absolute Gasteiger partial charge is 0.357 e. The molecule has 0 spiro atoms. The lowest BCUT2D eigenvalue weighted by Gasteiger charge is -2.33. The molecule has 0 heterocycles. The Bertz CT molecular complexity index is 161. The average Bonchev–Trinajstić information content (AvgIpc) is 1.85. The van der Waals surface area contributed by atoms with Crippen LogP contribution in [0.1, 0.15) is 0 Å². The van der Waals surface area contributed by atoms with Crippen LogP contribution in [0.2, 0.25) is 0 Å². The van der Waals surface area contributed by atoms with Gasteiger partial charge in [0, 0.05) is 0 Å². The zero-order valence-electron chi connectivity index (χ0n) is 5.23. The van der Waals surface area contributed by atoms with Crippen molar-refractivity contribution in [3.63, 3.8) is 0 Å². The minimum atomic E-state index is -3.96. The van der Waals surface area contributed by atoms with Crippen LogP contribution in [0.4, 0.5) is 8.78 Å². The Hall–Kier alpha value is 1.60. The van der Waals surface area contributed by atoms with E-state index in [1.807, 2.05) is 0 Å². The van der Waals surface area contributed by atoms with Gasteiger partial charge in [0.05, 0.1) is 5.88 Å². The quantitative estimate of drug-likeness (QED) is 0.678. The van der Waals surface area contributed by atoms with Gasteiger partial charge in [0.1, 0.15) is 0 Å². The molecule has 0 unspecified atom stereocenters. The van der Waals surface area contributed by atoms with E-state index in [1.54, 1.807) is 0 Å². The second-order valence-corrected chi connectivity index (χ2v) is 5.46. The zero-order chi connectivity index (χ0) is 10.2. The first-order chi connectivity index (χ1) is 5.06. The molecule has 0 N–H and O–H groups in total. The minimum Gasteiger partial charge on any atom is -0.185 e. The van der Waals surface area contributed by atoms with Crippen LogP contribution in [0.15, 0.2) is 0 Å². The summed E-state index contributed by atoms with van der Waals surface area (Å²) in [5, 5.41) is -3.96. The van der Waals surface area contributed by atoms with Crippen LogP contribution in [-0.2, 0) is 0 Å². The summed E-state index contributed by atoms with van der Waals surface area (Å²) in [6.45, 7) is 0. The maximum Gasteiger partial charge on any atom is 0.357 e. The Balaban J connectivity index is 4.85. The number of rotatable bonds is 3. The lowest BCUT2D eigenvalue weighted by Crippen LogP contribution is -2.49. The monoisotopic (exact) mass is 298 g/mol. The van der Waals surface area contributed by atoms with Crippen LogP contribution in [0, 0.1) is 0 Å². The third-order valence-corrected chi connectivity index (χ3v) is 4.48. The van der Waals surface area contributed by atoms with E-state index in [0.717, 1.165) is 0 Å². The van der Waals surface area contributed by atoms with Crippen molar-refractivity contribution in [2.75, 3.05) is 5.88 Å². The number of hydrogen-bond acceptors (Lipinski definition) is 0. The third kappa shape index (κ3) is 2.55. The molecule has 0 aromatic heterocycles. The van der Waals surface area contributed by atoms with Gasteiger partial charge in [-0.25, -0.2) is 0 Å². The molecule has 0 rings (SSSR count). The van der Waals surface area contributed by atoms with Crippen molar-refractivity contribution in [1.82, 2.24) is 0 Å². The summed E-state index contributed by atoms with van der Waals surface area (Å²) in [5.74, 6) is -0.578. The fourth-order valence-corrected chi connectivity index (χ4v) is 1.26. The van der Waals surface area contributed by atoms with Crippen LogP contribution < -0.4 is 0 Å². The van der Waals surface area contributed by atoms with E-state index < -0.39 is 19.9 Å². The first kappa shape index (κ1) is 13.6. The van der Waals surface area contributed by atoms with Crippen LogP contribution in [0.5, 0.6) is 0 Å². The Morgan fingerprint density at radius 3 is 1.33 bits per heavy atom. The summed E-state index contributed by atoms with van der Waals surface area (Å²) in [4.78, 5) is 0. The highest BCUT2D eigenvalue weighted by Gasteiger charge is 2.62. The number of hydrogen-bond donors (Lipinski definition) is 0. The minimum absolute atomic E-state index is 0.578. The molecule has 0 radical (unpaired) electrons. The molecule has 0 saturated heterocycles. The zero-order valence-corrected chi connectivity index (χ0v) is 9.77. The van der Waals surface area contributed by atoms with Crippen LogP contribution in [-0.4, -0.2) is 19.9 Å². The molecule has 0 amide bonds. The van der Waals surface area contributed by atoms with Crippen molar-refractivity contribution >= 4 is 69.6 Å². The van der Waals surface area contributed by atoms with Crippen LogP contribution in [0.3, 0.4) is 0 Å². The SMILES string of the molecule is FC(F)(Cl)C(Cl)(Cl)C(Cl)(Cl)CCl. The smallest absolute Gasteiger partial charge is 0.185 e. The second-order valence-electron chi connectivity index (χ2n) is 1.91. The van der Waals surface area contributed by atoms with Crippen molar-refractivity contribution < 1.29 is 8.78 Å². The standard InChI is InChI=1S/C4H2Cl6F2/c5-1-2(6,7)3(8,9)4(10,11)12/h1H2. The fraction of sp³-hybridized carbons (Fsp3) is 1.00. The van der Waals surface area contributed by atoms with E-state index in [-0.39, 0.29) is 0 Å². The van der Waals surface area contributed by atoms with E-state index in [0.29, 0.717) is 0 Å². The average molecular weight is 301 g/mol. The first-order valence-electron chi connectivity index (χ1n) is 2.44. The highest BCUT2D eigenvalue weighted by molar-refractivity contribution is 6.66. The van der Waals surface area contributed by atoms with Gasteiger partial charge in [0.2, 0.25) is 4.33 Å². The van der Waals surface area contributed by atoms with E-state index in [4.69, 9.17) is 58.0 Å². The van der Waals surface area contributed by atoms with Crippen molar-refractivity contribution in [3.8, 4) is 0 Å². The Morgan fingerprint density at radius 1 is 0.917 bits per heavy atom. The maximum absolute atomic E-state index is 12.5. The topological polar surface area (TPSA) is 0 Å². The number of halogens is 8. The van der Waals surface area contributed by atoms with Gasteiger partial charge in [-0.3, -0.25) is 0 Å². The molecule has 0 aromatic carbocycles. The van der Waals surface area contributed by atoms with Gasteiger partial charge in [-0.1, -0.05) is 46.4 Å². The van der Waals surface area contributed by atoms with Crippen molar-refractivity contribution in [2.24, 2.45) is 0 Å². The van der Waals surface area contributed by atoms with Gasteiger partial charge in [0.25, 0.3) is 0 Å². The summed E-state index contributed by atoms with van der Waals surface area (Å²) in [5.41, 5.74) is 0. The molecule has 0 aliphatic rings. The summed E-state index contributed by atoms with van der Waals surface area (Å²) < 4.78 is 19.9. The highest BCUT2D eigenvalue weighted by Crippen LogP contribution is 2.54. The molecule has 8 heteroatoms. The van der Waals surface area contributed by atoms with E-state index in [2.05, 4.69) is 11.6 Å². The molecular weight excluding hydrogens is 299 g/mol. The molecule has 0 bridgehead atoms. The molecule has 0 aliphatic heterocycles. The first-order valence-corrected chi connectivity index (χ1v) is 4.87. The van der Waals surface area contributed by atoms with E-state index in [1.165, 1.54) is 0 Å². The van der Waals surface area contributed by atoms with Crippen molar-refractivity contribution in [1.29, 1.82) is 0 Å². The molecular formula is C4H2Cl6F2. The Kier molecular flexibility index (Phi) is 4.53. The van der Waals surface area contributed by atoms with Gasteiger partial charge in [-0.05, 0) is 11.6 Å².